The molecule has 0 aromatic carbocycles. The fraction of sp³-hybridized carbons (Fsp3) is 0.800. The van der Waals surface area contributed by atoms with Crippen molar-refractivity contribution < 1.29 is 19.4 Å². The van der Waals surface area contributed by atoms with Crippen LogP contribution < -0.4 is 5.06 Å². The van der Waals surface area contributed by atoms with Crippen LogP contribution >= 0.6 is 0 Å². The summed E-state index contributed by atoms with van der Waals surface area (Å²) in [5, 5.41) is 11.4. The molecular formula is C10H16N2O4. The highest BCUT2D eigenvalue weighted by Crippen LogP contribution is 2.13. The molecule has 90 valence electrons. The standard InChI is InChI=1S/C10H16N2O4/c13-9-1-2-10(14)12(9)4-3-8-7-11(15)5-6-16-8/h8,11H,1-7H2. The van der Waals surface area contributed by atoms with Gasteiger partial charge in [0.15, 0.2) is 0 Å². The van der Waals surface area contributed by atoms with E-state index in [2.05, 4.69) is 0 Å². The number of likely N-dealkylation sites (tertiary alicyclic amines) is 1. The van der Waals surface area contributed by atoms with Gasteiger partial charge in [-0.15, -0.1) is 0 Å². The third-order valence-electron chi connectivity index (χ3n) is 3.02. The van der Waals surface area contributed by atoms with E-state index in [4.69, 9.17) is 4.74 Å². The summed E-state index contributed by atoms with van der Waals surface area (Å²) in [4.78, 5) is 23.9. The average molecular weight is 228 g/mol. The predicted molar refractivity (Wildman–Crippen MR) is 54.4 cm³/mol. The zero-order valence-corrected chi connectivity index (χ0v) is 9.11. The first-order valence-electron chi connectivity index (χ1n) is 5.63. The van der Waals surface area contributed by atoms with E-state index in [-0.39, 0.29) is 23.0 Å². The predicted octanol–water partition coefficient (Wildman–Crippen LogP) is -1.69. The summed E-state index contributed by atoms with van der Waals surface area (Å²) >= 11 is 0. The maximum Gasteiger partial charge on any atom is 0.229 e. The van der Waals surface area contributed by atoms with E-state index in [1.165, 1.54) is 4.90 Å². The van der Waals surface area contributed by atoms with Crippen LogP contribution in [0, 0.1) is 5.21 Å². The van der Waals surface area contributed by atoms with Crippen LogP contribution in [-0.4, -0.2) is 49.1 Å². The van der Waals surface area contributed by atoms with Crippen molar-refractivity contribution in [3.8, 4) is 0 Å². The molecular weight excluding hydrogens is 212 g/mol. The van der Waals surface area contributed by atoms with Crippen molar-refractivity contribution in [3.05, 3.63) is 5.21 Å². The molecule has 0 aliphatic carbocycles. The van der Waals surface area contributed by atoms with Crippen LogP contribution in [0.1, 0.15) is 19.3 Å². The summed E-state index contributed by atoms with van der Waals surface area (Å²) in [6.07, 6.45) is 1.10. The van der Waals surface area contributed by atoms with Gasteiger partial charge in [0.1, 0.15) is 19.2 Å². The van der Waals surface area contributed by atoms with E-state index in [1.54, 1.807) is 0 Å². The molecule has 16 heavy (non-hydrogen) atoms. The molecule has 2 atom stereocenters. The molecule has 0 bridgehead atoms. The van der Waals surface area contributed by atoms with Gasteiger partial charge in [0.05, 0.1) is 6.61 Å². The Morgan fingerprint density at radius 2 is 2.06 bits per heavy atom. The van der Waals surface area contributed by atoms with Crippen molar-refractivity contribution in [2.24, 2.45) is 0 Å². The summed E-state index contributed by atoms with van der Waals surface area (Å²) in [6.45, 7) is 1.75. The normalized spacial score (nSPS) is 31.2. The third kappa shape index (κ3) is 2.58. The first-order chi connectivity index (χ1) is 7.66. The molecule has 2 rings (SSSR count). The lowest BCUT2D eigenvalue weighted by Gasteiger charge is -2.32. The topological polar surface area (TPSA) is 74.1 Å². The zero-order chi connectivity index (χ0) is 11.5. The lowest BCUT2D eigenvalue weighted by atomic mass is 10.2. The number of amides is 2. The van der Waals surface area contributed by atoms with Crippen molar-refractivity contribution in [1.82, 2.24) is 4.90 Å². The Bertz CT molecular complexity index is 279. The van der Waals surface area contributed by atoms with Crippen LogP contribution in [0.25, 0.3) is 0 Å². The average Bonchev–Trinajstić information content (AvgIpc) is 2.56. The zero-order valence-electron chi connectivity index (χ0n) is 9.11. The van der Waals surface area contributed by atoms with E-state index in [9.17, 15) is 14.8 Å². The van der Waals surface area contributed by atoms with E-state index in [0.717, 1.165) is 0 Å². The monoisotopic (exact) mass is 228 g/mol. The minimum absolute atomic E-state index is 0.105. The van der Waals surface area contributed by atoms with Gasteiger partial charge in [-0.3, -0.25) is 14.5 Å². The number of morpholine rings is 1. The number of rotatable bonds is 3. The molecule has 2 aliphatic rings. The van der Waals surface area contributed by atoms with Gasteiger partial charge in [-0.1, -0.05) is 0 Å². The number of hydrogen-bond acceptors (Lipinski definition) is 4. The Kier molecular flexibility index (Phi) is 3.52. The van der Waals surface area contributed by atoms with Crippen LogP contribution in [0.5, 0.6) is 0 Å². The van der Waals surface area contributed by atoms with Crippen LogP contribution in [0.15, 0.2) is 0 Å². The fourth-order valence-electron chi connectivity index (χ4n) is 2.09. The summed E-state index contributed by atoms with van der Waals surface area (Å²) in [6, 6.07) is 0. The minimum Gasteiger partial charge on any atom is -0.634 e. The molecule has 0 radical (unpaired) electrons. The molecule has 2 saturated heterocycles. The Balaban J connectivity index is 1.78. The quantitative estimate of drug-likeness (QED) is 0.462. The molecule has 2 heterocycles. The maximum absolute atomic E-state index is 11.3. The van der Waals surface area contributed by atoms with Gasteiger partial charge < -0.3 is 15.0 Å². The number of nitrogens with zero attached hydrogens (tertiary/aromatic N) is 1. The molecule has 0 aromatic rings. The summed E-state index contributed by atoms with van der Waals surface area (Å²) < 4.78 is 5.41. The molecule has 1 N–H and O–H groups in total. The highest BCUT2D eigenvalue weighted by Gasteiger charge is 2.30. The first-order valence-corrected chi connectivity index (χ1v) is 5.63. The molecule has 0 spiro atoms. The Morgan fingerprint density at radius 1 is 1.38 bits per heavy atom. The molecule has 6 nitrogen and oxygen atoms in total. The van der Waals surface area contributed by atoms with E-state index < -0.39 is 0 Å². The highest BCUT2D eigenvalue weighted by molar-refractivity contribution is 6.01. The smallest absolute Gasteiger partial charge is 0.229 e. The second kappa shape index (κ2) is 4.90. The Hall–Kier alpha value is -0.980. The first kappa shape index (κ1) is 11.5. The van der Waals surface area contributed by atoms with Crippen molar-refractivity contribution in [1.29, 1.82) is 0 Å². The molecule has 2 unspecified atom stereocenters. The highest BCUT2D eigenvalue weighted by atomic mass is 16.5. The van der Waals surface area contributed by atoms with Gasteiger partial charge in [0.25, 0.3) is 0 Å². The number of ether oxygens (including phenoxy) is 1. The summed E-state index contributed by atoms with van der Waals surface area (Å²) in [7, 11) is 0. The van der Waals surface area contributed by atoms with Crippen LogP contribution in [0.2, 0.25) is 0 Å². The van der Waals surface area contributed by atoms with Gasteiger partial charge >= 0.3 is 0 Å². The number of imide groups is 1. The second-order valence-corrected chi connectivity index (χ2v) is 4.21. The fourth-order valence-corrected chi connectivity index (χ4v) is 2.09. The number of hydrogen-bond donors (Lipinski definition) is 1. The lowest BCUT2D eigenvalue weighted by molar-refractivity contribution is -0.861. The largest absolute Gasteiger partial charge is 0.634 e. The number of hydroxylamine groups is 2. The molecule has 0 aromatic heterocycles. The van der Waals surface area contributed by atoms with Crippen molar-refractivity contribution in [2.45, 2.75) is 25.4 Å². The van der Waals surface area contributed by atoms with E-state index in [0.29, 0.717) is 45.5 Å². The number of quaternary nitrogens is 1. The summed E-state index contributed by atoms with van der Waals surface area (Å²) in [5.41, 5.74) is 0. The van der Waals surface area contributed by atoms with E-state index in [1.807, 2.05) is 0 Å². The van der Waals surface area contributed by atoms with Crippen LogP contribution in [-0.2, 0) is 14.3 Å². The molecule has 2 amide bonds. The van der Waals surface area contributed by atoms with Crippen LogP contribution in [0.4, 0.5) is 0 Å². The van der Waals surface area contributed by atoms with Crippen LogP contribution in [0.3, 0.4) is 0 Å². The Morgan fingerprint density at radius 3 is 2.69 bits per heavy atom. The number of nitrogens with one attached hydrogen (secondary N) is 1. The number of carbonyl (C=O) groups is 2. The van der Waals surface area contributed by atoms with Gasteiger partial charge in [0.2, 0.25) is 11.8 Å². The molecule has 2 fully saturated rings. The van der Waals surface area contributed by atoms with Gasteiger partial charge in [-0.05, 0) is 6.42 Å². The van der Waals surface area contributed by atoms with Gasteiger partial charge in [0, 0.05) is 19.4 Å². The van der Waals surface area contributed by atoms with Gasteiger partial charge in [-0.25, -0.2) is 0 Å². The molecule has 6 heteroatoms. The van der Waals surface area contributed by atoms with Crippen molar-refractivity contribution in [2.75, 3.05) is 26.2 Å². The number of carbonyl (C=O) groups excluding carboxylic acids is 2. The maximum atomic E-state index is 11.3. The SMILES string of the molecule is O=C1CCC(=O)N1CCC1C[NH+]([O-])CCO1. The Labute approximate surface area is 93.7 Å². The van der Waals surface area contributed by atoms with Crippen molar-refractivity contribution >= 4 is 11.8 Å². The second-order valence-electron chi connectivity index (χ2n) is 4.21. The molecule has 2 aliphatic heterocycles. The third-order valence-corrected chi connectivity index (χ3v) is 3.02. The minimum atomic E-state index is -0.123. The van der Waals surface area contributed by atoms with Gasteiger partial charge in [-0.2, -0.15) is 0 Å². The summed E-state index contributed by atoms with van der Waals surface area (Å²) in [5.74, 6) is -0.209. The molecule has 0 saturated carbocycles. The van der Waals surface area contributed by atoms with E-state index >= 15 is 0 Å². The van der Waals surface area contributed by atoms with Crippen molar-refractivity contribution in [3.63, 3.8) is 0 Å². The lowest BCUT2D eigenvalue weighted by Crippen LogP contribution is -3.10.